The van der Waals surface area contributed by atoms with Crippen LogP contribution >= 0.6 is 32.9 Å². The van der Waals surface area contributed by atoms with Crippen molar-refractivity contribution >= 4 is 73.7 Å². The lowest BCUT2D eigenvalue weighted by Gasteiger charge is -2.50. The van der Waals surface area contributed by atoms with Gasteiger partial charge in [-0.3, -0.25) is 28.9 Å². The van der Waals surface area contributed by atoms with E-state index in [1.54, 1.807) is 0 Å². The van der Waals surface area contributed by atoms with E-state index in [0.29, 0.717) is 5.56 Å². The summed E-state index contributed by atoms with van der Waals surface area (Å²) in [5.41, 5.74) is 1.33. The van der Waals surface area contributed by atoms with Crippen LogP contribution in [0.3, 0.4) is 0 Å². The number of alkyl halides is 1. The van der Waals surface area contributed by atoms with Crippen LogP contribution in [0.1, 0.15) is 24.0 Å². The quantitative estimate of drug-likeness (QED) is 0.125. The SMILES string of the molecule is Br.CN(C)[C@@H]1C(=O)C(C(N)=O)=C(O)[C@@]2(O)C(=O)C3=C(O)c4c(ccc(NC(=O)C(Br)CC(=O)O)c4O)CC3CC12. The summed E-state index contributed by atoms with van der Waals surface area (Å²) in [5.74, 6) is -9.76. The van der Waals surface area contributed by atoms with Crippen molar-refractivity contribution in [3.8, 4) is 5.75 Å². The van der Waals surface area contributed by atoms with Gasteiger partial charge in [0.25, 0.3) is 5.91 Å². The molecule has 216 valence electrons. The van der Waals surface area contributed by atoms with Crippen LogP contribution in [0.2, 0.25) is 0 Å². The van der Waals surface area contributed by atoms with E-state index in [4.69, 9.17) is 10.8 Å². The van der Waals surface area contributed by atoms with Crippen molar-refractivity contribution in [2.45, 2.75) is 35.7 Å². The zero-order valence-corrected chi connectivity index (χ0v) is 24.5. The van der Waals surface area contributed by atoms with Crippen molar-refractivity contribution in [1.29, 1.82) is 0 Å². The molecule has 0 aromatic heterocycles. The number of carbonyl (C=O) groups is 5. The topological polar surface area (TPSA) is 228 Å². The highest BCUT2D eigenvalue weighted by Crippen LogP contribution is 2.53. The number of nitrogens with one attached hydrogen (secondary N) is 1. The van der Waals surface area contributed by atoms with Gasteiger partial charge in [-0.05, 0) is 44.5 Å². The molecule has 2 amide bonds. The molecule has 3 aliphatic rings. The number of phenolic OH excluding ortho intramolecular Hbond substituents is 1. The zero-order chi connectivity index (χ0) is 29.1. The van der Waals surface area contributed by atoms with E-state index in [1.165, 1.54) is 31.1 Å². The van der Waals surface area contributed by atoms with E-state index < -0.39 is 86.9 Å². The Kier molecular flexibility index (Phi) is 8.56. The molecular formula is C25H27Br2N3O10. The average Bonchev–Trinajstić information content (AvgIpc) is 2.82. The Bertz CT molecular complexity index is 1410. The summed E-state index contributed by atoms with van der Waals surface area (Å²) >= 11 is 2.95. The van der Waals surface area contributed by atoms with Gasteiger partial charge in [-0.1, -0.05) is 22.0 Å². The zero-order valence-electron chi connectivity index (χ0n) is 21.2. The summed E-state index contributed by atoms with van der Waals surface area (Å²) in [4.78, 5) is 62.5. The number of aromatic hydroxyl groups is 1. The minimum absolute atomic E-state index is 0. The Morgan fingerprint density at radius 3 is 2.38 bits per heavy atom. The van der Waals surface area contributed by atoms with Gasteiger partial charge < -0.3 is 36.6 Å². The first-order valence-corrected chi connectivity index (χ1v) is 12.7. The van der Waals surface area contributed by atoms with Gasteiger partial charge in [-0.2, -0.15) is 0 Å². The molecule has 8 N–H and O–H groups in total. The standard InChI is InChI=1S/C25H26BrN3O10.BrH/c1-29(2)17-10-6-9-5-8-3-4-12(28-24(38)11(26)7-13(30)31)18(32)14(8)19(33)15(9)21(35)25(10,39)22(36)16(20(17)34)23(27)37;/h3-4,9-11,17,32-33,36,39H,5-7H2,1-2H3,(H2,27,37)(H,28,38)(H,30,31);1H/t9?,10?,11?,17-,25-;/m0./s1. The number of carboxylic acid groups (broad SMARTS) is 1. The second-order valence-electron chi connectivity index (χ2n) is 10.0. The molecule has 3 unspecified atom stereocenters. The number of aliphatic carboxylic acids is 1. The van der Waals surface area contributed by atoms with Crippen molar-refractivity contribution in [3.05, 3.63) is 40.2 Å². The van der Waals surface area contributed by atoms with Crippen molar-refractivity contribution in [2.75, 3.05) is 19.4 Å². The highest BCUT2D eigenvalue weighted by Gasteiger charge is 2.64. The predicted octanol–water partition coefficient (Wildman–Crippen LogP) is 0.719. The number of fused-ring (bicyclic) bond motifs is 3. The number of ketones is 2. The van der Waals surface area contributed by atoms with Crippen molar-refractivity contribution in [3.63, 3.8) is 0 Å². The molecule has 1 fully saturated rings. The molecule has 1 aromatic rings. The van der Waals surface area contributed by atoms with Crippen LogP contribution in [0.4, 0.5) is 5.69 Å². The first kappa shape index (κ1) is 31.3. The van der Waals surface area contributed by atoms with E-state index in [2.05, 4.69) is 21.2 Å². The van der Waals surface area contributed by atoms with Gasteiger partial charge in [0, 0.05) is 11.5 Å². The van der Waals surface area contributed by atoms with Crippen molar-refractivity contribution in [2.24, 2.45) is 17.6 Å². The van der Waals surface area contributed by atoms with E-state index in [9.17, 15) is 44.4 Å². The van der Waals surface area contributed by atoms with Gasteiger partial charge >= 0.3 is 5.97 Å². The summed E-state index contributed by atoms with van der Waals surface area (Å²) in [6.07, 6.45) is -0.495. The van der Waals surface area contributed by atoms with Crippen LogP contribution in [-0.2, 0) is 30.4 Å². The summed E-state index contributed by atoms with van der Waals surface area (Å²) in [6.45, 7) is 0. The number of carbonyl (C=O) groups excluding carboxylic acids is 4. The highest BCUT2D eigenvalue weighted by molar-refractivity contribution is 9.10. The largest absolute Gasteiger partial charge is 0.508 e. The Morgan fingerprint density at radius 1 is 1.20 bits per heavy atom. The molecule has 4 rings (SSSR count). The number of amides is 2. The fraction of sp³-hybridized carbons (Fsp3) is 0.400. The van der Waals surface area contributed by atoms with Gasteiger partial charge in [-0.15, -0.1) is 17.0 Å². The number of anilines is 1. The number of halogens is 2. The number of benzene rings is 1. The fourth-order valence-corrected chi connectivity index (χ4v) is 6.17. The number of aliphatic hydroxyl groups excluding tert-OH is 2. The molecule has 13 nitrogen and oxygen atoms in total. The molecular weight excluding hydrogens is 662 g/mol. The van der Waals surface area contributed by atoms with Crippen LogP contribution in [0, 0.1) is 11.8 Å². The molecule has 5 atom stereocenters. The van der Waals surface area contributed by atoms with Gasteiger partial charge in [0.05, 0.1) is 23.7 Å². The number of primary amides is 1. The molecule has 0 radical (unpaired) electrons. The number of hydrogen-bond acceptors (Lipinski definition) is 10. The molecule has 15 heteroatoms. The Balaban J connectivity index is 0.00000441. The minimum atomic E-state index is -2.76. The van der Waals surface area contributed by atoms with Crippen LogP contribution < -0.4 is 11.1 Å². The Labute approximate surface area is 246 Å². The van der Waals surface area contributed by atoms with E-state index in [0.717, 1.165) is 0 Å². The van der Waals surface area contributed by atoms with Crippen LogP contribution in [0.25, 0.3) is 5.76 Å². The molecule has 1 aromatic carbocycles. The predicted molar refractivity (Wildman–Crippen MR) is 148 cm³/mol. The number of hydrogen-bond donors (Lipinski definition) is 7. The number of rotatable bonds is 6. The third kappa shape index (κ3) is 4.70. The maximum absolute atomic E-state index is 13.8. The fourth-order valence-electron chi connectivity index (χ4n) is 5.78. The Hall–Kier alpha value is -3.27. The highest BCUT2D eigenvalue weighted by atomic mass is 79.9. The smallest absolute Gasteiger partial charge is 0.305 e. The van der Waals surface area contributed by atoms with Crippen molar-refractivity contribution in [1.82, 2.24) is 4.90 Å². The Morgan fingerprint density at radius 2 is 1.82 bits per heavy atom. The molecule has 3 aliphatic carbocycles. The maximum Gasteiger partial charge on any atom is 0.305 e. The van der Waals surface area contributed by atoms with Gasteiger partial charge in [-0.25, -0.2) is 0 Å². The minimum Gasteiger partial charge on any atom is -0.508 e. The third-order valence-corrected chi connectivity index (χ3v) is 8.23. The van der Waals surface area contributed by atoms with Crippen LogP contribution in [0.5, 0.6) is 5.75 Å². The number of aliphatic hydroxyl groups is 3. The van der Waals surface area contributed by atoms with Gasteiger partial charge in [0.1, 0.15) is 27.7 Å². The summed E-state index contributed by atoms with van der Waals surface area (Å²) < 4.78 is 0. The number of nitrogens with two attached hydrogens (primary N) is 1. The summed E-state index contributed by atoms with van der Waals surface area (Å²) in [6, 6.07) is 1.67. The number of nitrogens with zero attached hydrogens (tertiary/aromatic N) is 1. The molecule has 0 aliphatic heterocycles. The number of phenols is 1. The van der Waals surface area contributed by atoms with Crippen LogP contribution in [0.15, 0.2) is 29.0 Å². The first-order valence-electron chi connectivity index (χ1n) is 11.8. The lowest BCUT2D eigenvalue weighted by molar-refractivity contribution is -0.153. The van der Waals surface area contributed by atoms with Gasteiger partial charge in [0.15, 0.2) is 11.4 Å². The normalized spacial score (nSPS) is 26.4. The average molecular weight is 689 g/mol. The number of likely N-dealkylation sites (N-methyl/N-ethyl adjacent to an activating group) is 1. The molecule has 40 heavy (non-hydrogen) atoms. The maximum atomic E-state index is 13.8. The van der Waals surface area contributed by atoms with E-state index in [-0.39, 0.29) is 46.6 Å². The van der Waals surface area contributed by atoms with E-state index in [1.807, 2.05) is 0 Å². The first-order chi connectivity index (χ1) is 18.1. The lowest BCUT2D eigenvalue weighted by atomic mass is 9.57. The monoisotopic (exact) mass is 687 g/mol. The molecule has 0 saturated heterocycles. The summed E-state index contributed by atoms with van der Waals surface area (Å²) in [7, 11) is 3.02. The summed E-state index contributed by atoms with van der Waals surface area (Å²) in [5, 5.41) is 55.8. The lowest BCUT2D eigenvalue weighted by Crippen LogP contribution is -2.65. The number of Topliss-reactive ketones (excluding diaryl/α,β-unsaturated/α-hetero) is 2. The van der Waals surface area contributed by atoms with Gasteiger partial charge in [0.2, 0.25) is 11.7 Å². The third-order valence-electron chi connectivity index (χ3n) is 7.49. The second kappa shape index (κ2) is 11.0. The molecule has 1 saturated carbocycles. The second-order valence-corrected chi connectivity index (χ2v) is 11.1. The molecule has 0 heterocycles. The van der Waals surface area contributed by atoms with Crippen molar-refractivity contribution < 1.29 is 49.5 Å². The number of carboxylic acids is 1. The van der Waals surface area contributed by atoms with Crippen LogP contribution in [-0.4, -0.2) is 90.3 Å². The molecule has 0 bridgehead atoms. The van der Waals surface area contributed by atoms with E-state index >= 15 is 0 Å². The molecule has 0 spiro atoms.